The van der Waals surface area contributed by atoms with Crippen molar-refractivity contribution in [2.45, 2.75) is 18.9 Å². The first-order valence-corrected chi connectivity index (χ1v) is 8.96. The Bertz CT molecular complexity index is 940. The van der Waals surface area contributed by atoms with Crippen molar-refractivity contribution in [3.05, 3.63) is 70.0 Å². The van der Waals surface area contributed by atoms with Crippen LogP contribution in [-0.4, -0.2) is 27.5 Å². The molecule has 1 unspecified atom stereocenters. The highest BCUT2D eigenvalue weighted by Crippen LogP contribution is 2.29. The summed E-state index contributed by atoms with van der Waals surface area (Å²) in [6.07, 6.45) is 0.377. The lowest BCUT2D eigenvalue weighted by Crippen LogP contribution is -2.24. The summed E-state index contributed by atoms with van der Waals surface area (Å²) >= 11 is 11.9. The Morgan fingerprint density at radius 2 is 1.92 bits per heavy atom. The highest BCUT2D eigenvalue weighted by Gasteiger charge is 2.33. The molecule has 0 aliphatic carbocycles. The van der Waals surface area contributed by atoms with Crippen molar-refractivity contribution >= 4 is 29.1 Å². The highest BCUT2D eigenvalue weighted by atomic mass is 35.5. The maximum absolute atomic E-state index is 12.3. The van der Waals surface area contributed by atoms with E-state index in [1.807, 2.05) is 41.3 Å². The molecule has 0 saturated carbocycles. The summed E-state index contributed by atoms with van der Waals surface area (Å²) in [5.41, 5.74) is 1.80. The van der Waals surface area contributed by atoms with Crippen molar-refractivity contribution in [2.75, 3.05) is 6.54 Å². The number of halogens is 2. The molecule has 132 valence electrons. The molecule has 1 amide bonds. The number of carbonyl (C=O) groups excluding carboxylic acids is 1. The second-order valence-corrected chi connectivity index (χ2v) is 7.14. The number of amides is 1. The van der Waals surface area contributed by atoms with E-state index in [2.05, 4.69) is 10.1 Å². The van der Waals surface area contributed by atoms with Crippen LogP contribution in [-0.2, 0) is 11.3 Å². The third-order valence-corrected chi connectivity index (χ3v) is 4.87. The van der Waals surface area contributed by atoms with Crippen LogP contribution in [0.2, 0.25) is 10.0 Å². The summed E-state index contributed by atoms with van der Waals surface area (Å²) in [6, 6.07) is 14.7. The first kappa shape index (κ1) is 17.1. The molecule has 1 aliphatic heterocycles. The molecule has 0 radical (unpaired) electrons. The lowest BCUT2D eigenvalue weighted by Gasteiger charge is -2.16. The van der Waals surface area contributed by atoms with Crippen molar-refractivity contribution in [2.24, 2.45) is 0 Å². The zero-order chi connectivity index (χ0) is 18.1. The van der Waals surface area contributed by atoms with E-state index < -0.39 is 0 Å². The Kier molecular flexibility index (Phi) is 4.66. The van der Waals surface area contributed by atoms with Gasteiger partial charge in [-0.3, -0.25) is 4.79 Å². The molecule has 1 aromatic heterocycles. The van der Waals surface area contributed by atoms with Crippen LogP contribution in [0.3, 0.4) is 0 Å². The molecule has 3 aromatic rings. The number of nitrogens with zero attached hydrogens (tertiary/aromatic N) is 3. The minimum absolute atomic E-state index is 0.0773. The molecule has 2 aromatic carbocycles. The molecule has 0 spiro atoms. The van der Waals surface area contributed by atoms with E-state index in [1.165, 1.54) is 0 Å². The molecule has 7 heteroatoms. The van der Waals surface area contributed by atoms with Crippen molar-refractivity contribution in [3.8, 4) is 11.5 Å². The summed E-state index contributed by atoms with van der Waals surface area (Å²) < 4.78 is 5.36. The molecule has 1 fully saturated rings. The van der Waals surface area contributed by atoms with E-state index >= 15 is 0 Å². The van der Waals surface area contributed by atoms with Gasteiger partial charge in [-0.15, -0.1) is 0 Å². The second kappa shape index (κ2) is 7.09. The van der Waals surface area contributed by atoms with Gasteiger partial charge in [0.25, 0.3) is 5.89 Å². The number of aromatic nitrogens is 2. The van der Waals surface area contributed by atoms with Crippen molar-refractivity contribution in [1.29, 1.82) is 0 Å². The topological polar surface area (TPSA) is 59.2 Å². The monoisotopic (exact) mass is 387 g/mol. The molecule has 0 N–H and O–H groups in total. The van der Waals surface area contributed by atoms with E-state index in [4.69, 9.17) is 27.7 Å². The second-order valence-electron chi connectivity index (χ2n) is 6.27. The Morgan fingerprint density at radius 1 is 1.12 bits per heavy atom. The molecule has 26 heavy (non-hydrogen) atoms. The maximum Gasteiger partial charge on any atom is 0.257 e. The summed E-state index contributed by atoms with van der Waals surface area (Å²) in [6.45, 7) is 1.11. The van der Waals surface area contributed by atoms with Crippen LogP contribution >= 0.6 is 23.2 Å². The van der Waals surface area contributed by atoms with Crippen LogP contribution < -0.4 is 0 Å². The Hall–Kier alpha value is -2.37. The van der Waals surface area contributed by atoms with Gasteiger partial charge in [0.05, 0.1) is 0 Å². The summed E-state index contributed by atoms with van der Waals surface area (Å²) in [5, 5.41) is 5.35. The number of hydrogen-bond donors (Lipinski definition) is 0. The maximum atomic E-state index is 12.3. The molecule has 4 rings (SSSR count). The highest BCUT2D eigenvalue weighted by molar-refractivity contribution is 6.31. The quantitative estimate of drug-likeness (QED) is 0.658. The van der Waals surface area contributed by atoms with Crippen molar-refractivity contribution in [3.63, 3.8) is 0 Å². The molecule has 1 atom stereocenters. The number of carbonyl (C=O) groups is 1. The Balaban J connectivity index is 1.48. The Morgan fingerprint density at radius 3 is 2.69 bits per heavy atom. The van der Waals surface area contributed by atoms with Gasteiger partial charge in [-0.05, 0) is 35.9 Å². The van der Waals surface area contributed by atoms with Gasteiger partial charge < -0.3 is 9.42 Å². The molecule has 1 aliphatic rings. The normalized spacial score (nSPS) is 17.1. The van der Waals surface area contributed by atoms with Crippen molar-refractivity contribution < 1.29 is 9.32 Å². The summed E-state index contributed by atoms with van der Waals surface area (Å²) in [5.74, 6) is 0.962. The molecule has 5 nitrogen and oxygen atoms in total. The third-order valence-electron chi connectivity index (χ3n) is 4.38. The van der Waals surface area contributed by atoms with Crippen LogP contribution in [0.25, 0.3) is 11.5 Å². The van der Waals surface area contributed by atoms with E-state index in [0.29, 0.717) is 41.3 Å². The Labute approximate surface area is 160 Å². The zero-order valence-corrected chi connectivity index (χ0v) is 15.2. The van der Waals surface area contributed by atoms with Gasteiger partial charge in [-0.25, -0.2) is 0 Å². The number of rotatable bonds is 4. The lowest BCUT2D eigenvalue weighted by molar-refractivity contribution is -0.128. The smallest absolute Gasteiger partial charge is 0.257 e. The molecule has 2 heterocycles. The van der Waals surface area contributed by atoms with Gasteiger partial charge >= 0.3 is 0 Å². The number of likely N-dealkylation sites (tertiary alicyclic amines) is 1. The lowest BCUT2D eigenvalue weighted by atomic mass is 10.1. The van der Waals surface area contributed by atoms with Crippen molar-refractivity contribution in [1.82, 2.24) is 15.0 Å². The first-order valence-electron chi connectivity index (χ1n) is 8.20. The predicted octanol–water partition coefficient (Wildman–Crippen LogP) is 4.56. The first-order chi connectivity index (χ1) is 12.6. The summed E-state index contributed by atoms with van der Waals surface area (Å²) in [7, 11) is 0. The molecule has 1 saturated heterocycles. The van der Waals surface area contributed by atoms with E-state index in [-0.39, 0.29) is 11.8 Å². The zero-order valence-electron chi connectivity index (χ0n) is 13.7. The van der Waals surface area contributed by atoms with Crippen LogP contribution in [0.1, 0.15) is 23.7 Å². The van der Waals surface area contributed by atoms with Crippen LogP contribution in [0.4, 0.5) is 0 Å². The summed E-state index contributed by atoms with van der Waals surface area (Å²) in [4.78, 5) is 18.6. The van der Waals surface area contributed by atoms with Crippen LogP contribution in [0.5, 0.6) is 0 Å². The molecular formula is C19H15Cl2N3O2. The van der Waals surface area contributed by atoms with E-state index in [9.17, 15) is 4.79 Å². The SMILES string of the molecule is O=C1CC(c2noc(-c3cccc(Cl)c3)n2)CN1Cc1ccc(Cl)cc1. The van der Waals surface area contributed by atoms with Gasteiger partial charge in [0.1, 0.15) is 0 Å². The van der Waals surface area contributed by atoms with Gasteiger partial charge in [-0.1, -0.05) is 46.6 Å². The van der Waals surface area contributed by atoms with Gasteiger partial charge in [0, 0.05) is 41.0 Å². The minimum Gasteiger partial charge on any atom is -0.338 e. The molecule has 0 bridgehead atoms. The fourth-order valence-corrected chi connectivity index (χ4v) is 3.36. The van der Waals surface area contributed by atoms with Crippen LogP contribution in [0.15, 0.2) is 53.1 Å². The minimum atomic E-state index is -0.0773. The average Bonchev–Trinajstić information content (AvgIpc) is 3.24. The number of hydrogen-bond acceptors (Lipinski definition) is 4. The van der Waals surface area contributed by atoms with E-state index in [0.717, 1.165) is 11.1 Å². The molecular weight excluding hydrogens is 373 g/mol. The predicted molar refractivity (Wildman–Crippen MR) is 99.0 cm³/mol. The third kappa shape index (κ3) is 3.59. The van der Waals surface area contributed by atoms with Gasteiger partial charge in [0.2, 0.25) is 5.91 Å². The van der Waals surface area contributed by atoms with Gasteiger partial charge in [0.15, 0.2) is 5.82 Å². The van der Waals surface area contributed by atoms with Gasteiger partial charge in [-0.2, -0.15) is 4.98 Å². The largest absolute Gasteiger partial charge is 0.338 e. The average molecular weight is 388 g/mol. The van der Waals surface area contributed by atoms with E-state index in [1.54, 1.807) is 12.1 Å². The standard InChI is InChI=1S/C19H15Cl2N3O2/c20-15-6-4-12(5-7-15)10-24-11-14(9-17(24)25)18-22-19(26-23-18)13-2-1-3-16(21)8-13/h1-8,14H,9-11H2. The fourth-order valence-electron chi connectivity index (χ4n) is 3.05. The fraction of sp³-hybridized carbons (Fsp3) is 0.211. The van der Waals surface area contributed by atoms with Crippen LogP contribution in [0, 0.1) is 0 Å². The number of benzene rings is 2.